The molecule has 3 heteroatoms. The van der Waals surface area contributed by atoms with Crippen LogP contribution in [-0.4, -0.2) is 28.7 Å². The molecule has 1 fully saturated rings. The van der Waals surface area contributed by atoms with Crippen LogP contribution in [-0.2, 0) is 9.53 Å². The highest BCUT2D eigenvalue weighted by atomic mass is 16.6. The Balaban J connectivity index is 2.27. The second-order valence-electron chi connectivity index (χ2n) is 6.43. The lowest BCUT2D eigenvalue weighted by Gasteiger charge is -2.19. The number of carbonyl (C=O) groups excluding carboxylic acids is 1. The summed E-state index contributed by atoms with van der Waals surface area (Å²) in [5.74, 6) is -0.0243. The number of rotatable bonds is 0. The highest BCUT2D eigenvalue weighted by molar-refractivity contribution is 6.03. The Labute approximate surface area is 109 Å². The Hall–Kier alpha value is -0.930. The third-order valence-corrected chi connectivity index (χ3v) is 3.88. The first-order chi connectivity index (χ1) is 8.22. The summed E-state index contributed by atoms with van der Waals surface area (Å²) in [5.41, 5.74) is 0.291. The van der Waals surface area contributed by atoms with Crippen molar-refractivity contribution in [1.29, 1.82) is 0 Å². The quantitative estimate of drug-likeness (QED) is 0.672. The van der Waals surface area contributed by atoms with Gasteiger partial charge in [0.1, 0.15) is 0 Å². The van der Waals surface area contributed by atoms with Gasteiger partial charge in [-0.2, -0.15) is 0 Å². The molecule has 1 saturated heterocycles. The fourth-order valence-corrected chi connectivity index (χ4v) is 2.55. The van der Waals surface area contributed by atoms with Gasteiger partial charge in [-0.25, -0.2) is 0 Å². The second kappa shape index (κ2) is 4.32. The van der Waals surface area contributed by atoms with Crippen molar-refractivity contribution < 1.29 is 14.6 Å². The third kappa shape index (κ3) is 2.90. The predicted octanol–water partition coefficient (Wildman–Crippen LogP) is 2.40. The molecule has 1 aliphatic carbocycles. The number of ketones is 1. The molecule has 0 bridgehead atoms. The maximum Gasteiger partial charge on any atom is 0.181 e. The molecule has 0 spiro atoms. The zero-order valence-electron chi connectivity index (χ0n) is 11.6. The molecule has 0 radical (unpaired) electrons. The minimum atomic E-state index is -0.612. The van der Waals surface area contributed by atoms with Gasteiger partial charge in [0.25, 0.3) is 0 Å². The monoisotopic (exact) mass is 250 g/mol. The van der Waals surface area contributed by atoms with E-state index in [1.165, 1.54) is 0 Å². The number of carbonyl (C=O) groups is 1. The van der Waals surface area contributed by atoms with Crippen LogP contribution in [0.2, 0.25) is 0 Å². The molecular weight excluding hydrogens is 228 g/mol. The van der Waals surface area contributed by atoms with Gasteiger partial charge in [-0.15, -0.1) is 0 Å². The number of aliphatic hydroxyl groups is 1. The van der Waals surface area contributed by atoms with Gasteiger partial charge < -0.3 is 9.84 Å². The van der Waals surface area contributed by atoms with Gasteiger partial charge in [0.15, 0.2) is 5.78 Å². The van der Waals surface area contributed by atoms with Gasteiger partial charge in [-0.1, -0.05) is 19.9 Å². The molecule has 2 rings (SSSR count). The number of fused-ring (bicyclic) bond motifs is 1. The van der Waals surface area contributed by atoms with Crippen molar-refractivity contribution >= 4 is 5.78 Å². The number of epoxide rings is 1. The molecule has 100 valence electrons. The van der Waals surface area contributed by atoms with Crippen LogP contribution in [0.4, 0.5) is 0 Å². The van der Waals surface area contributed by atoms with Crippen LogP contribution in [0, 0.1) is 5.41 Å². The molecule has 18 heavy (non-hydrogen) atoms. The van der Waals surface area contributed by atoms with Crippen LogP contribution in [0.1, 0.15) is 40.5 Å². The Morgan fingerprint density at radius 2 is 2.00 bits per heavy atom. The molecule has 3 nitrogen and oxygen atoms in total. The SMILES string of the molecule is C/C1=C\[C@H](O)C[C@]2(C)O[C@@H]2CC(C)(C)/C=C/C1=O. The average Bonchev–Trinajstić information content (AvgIpc) is 2.82. The van der Waals surface area contributed by atoms with Crippen LogP contribution >= 0.6 is 0 Å². The predicted molar refractivity (Wildman–Crippen MR) is 70.2 cm³/mol. The minimum Gasteiger partial charge on any atom is -0.389 e. The smallest absolute Gasteiger partial charge is 0.181 e. The van der Waals surface area contributed by atoms with Gasteiger partial charge in [-0.3, -0.25) is 4.79 Å². The summed E-state index contributed by atoms with van der Waals surface area (Å²) in [4.78, 5) is 11.9. The molecule has 0 aromatic carbocycles. The molecular formula is C15H22O3. The first kappa shape index (κ1) is 13.5. The van der Waals surface area contributed by atoms with E-state index in [0.29, 0.717) is 12.0 Å². The van der Waals surface area contributed by atoms with Gasteiger partial charge in [0, 0.05) is 6.42 Å². The van der Waals surface area contributed by atoms with E-state index in [9.17, 15) is 9.90 Å². The van der Waals surface area contributed by atoms with Gasteiger partial charge in [0.2, 0.25) is 0 Å². The summed E-state index contributed by atoms with van der Waals surface area (Å²) in [6, 6.07) is 0. The van der Waals surface area contributed by atoms with Crippen molar-refractivity contribution in [3.05, 3.63) is 23.8 Å². The topological polar surface area (TPSA) is 49.8 Å². The van der Waals surface area contributed by atoms with Crippen molar-refractivity contribution in [3.8, 4) is 0 Å². The summed E-state index contributed by atoms with van der Waals surface area (Å²) >= 11 is 0. The summed E-state index contributed by atoms with van der Waals surface area (Å²) in [7, 11) is 0. The van der Waals surface area contributed by atoms with Gasteiger partial charge in [-0.05, 0) is 43.4 Å². The number of hydrogen-bond donors (Lipinski definition) is 1. The standard InChI is InChI=1S/C15H22O3/c1-10-7-11(16)8-15(4)13(18-15)9-14(2,3)6-5-12(10)17/h5-7,11,13,16H,8-9H2,1-4H3/b6-5+,10-7+/t11-,13+,15-/m0/s1. The normalized spacial score (nSPS) is 44.3. The molecule has 0 aromatic heterocycles. The van der Waals surface area contributed by atoms with E-state index in [0.717, 1.165) is 6.42 Å². The average molecular weight is 250 g/mol. The van der Waals surface area contributed by atoms with E-state index in [4.69, 9.17) is 4.74 Å². The lowest BCUT2D eigenvalue weighted by atomic mass is 9.83. The van der Waals surface area contributed by atoms with E-state index >= 15 is 0 Å². The number of hydrogen-bond acceptors (Lipinski definition) is 3. The summed E-state index contributed by atoms with van der Waals surface area (Å²) in [6.07, 6.45) is 6.19. The van der Waals surface area contributed by atoms with Crippen molar-refractivity contribution in [2.45, 2.75) is 58.3 Å². The Morgan fingerprint density at radius 3 is 2.67 bits per heavy atom. The van der Waals surface area contributed by atoms with Gasteiger partial charge in [0.05, 0.1) is 17.8 Å². The Kier molecular flexibility index (Phi) is 3.24. The first-order valence-corrected chi connectivity index (χ1v) is 6.50. The lowest BCUT2D eigenvalue weighted by molar-refractivity contribution is -0.111. The van der Waals surface area contributed by atoms with Crippen molar-refractivity contribution in [1.82, 2.24) is 0 Å². The van der Waals surface area contributed by atoms with Crippen molar-refractivity contribution in [2.75, 3.05) is 0 Å². The van der Waals surface area contributed by atoms with E-state index in [2.05, 4.69) is 13.8 Å². The number of aliphatic hydroxyl groups excluding tert-OH is 1. The number of ether oxygens (including phenoxy) is 1. The molecule has 2 aliphatic rings. The van der Waals surface area contributed by atoms with Crippen LogP contribution in [0.15, 0.2) is 23.8 Å². The molecule has 0 saturated carbocycles. The fourth-order valence-electron chi connectivity index (χ4n) is 2.55. The molecule has 0 aromatic rings. The number of allylic oxidation sites excluding steroid dienone is 3. The molecule has 0 amide bonds. The lowest BCUT2D eigenvalue weighted by Crippen LogP contribution is -2.21. The van der Waals surface area contributed by atoms with Gasteiger partial charge >= 0.3 is 0 Å². The third-order valence-electron chi connectivity index (χ3n) is 3.88. The minimum absolute atomic E-state index is 0.0243. The van der Waals surface area contributed by atoms with Crippen LogP contribution in [0.5, 0.6) is 0 Å². The fraction of sp³-hybridized carbons (Fsp3) is 0.667. The van der Waals surface area contributed by atoms with Crippen LogP contribution < -0.4 is 0 Å². The molecule has 1 heterocycles. The Bertz CT molecular complexity index is 419. The zero-order valence-corrected chi connectivity index (χ0v) is 11.6. The molecule has 3 atom stereocenters. The highest BCUT2D eigenvalue weighted by Gasteiger charge is 2.54. The zero-order chi connectivity index (χ0) is 13.6. The molecule has 1 N–H and O–H groups in total. The van der Waals surface area contributed by atoms with Crippen LogP contribution in [0.25, 0.3) is 0 Å². The summed E-state index contributed by atoms with van der Waals surface area (Å²) < 4.78 is 5.74. The maximum absolute atomic E-state index is 11.9. The first-order valence-electron chi connectivity index (χ1n) is 6.50. The van der Waals surface area contributed by atoms with E-state index in [1.807, 2.05) is 13.0 Å². The maximum atomic E-state index is 11.9. The van der Waals surface area contributed by atoms with E-state index in [1.54, 1.807) is 19.1 Å². The van der Waals surface area contributed by atoms with Crippen molar-refractivity contribution in [2.24, 2.45) is 5.41 Å². The van der Waals surface area contributed by atoms with E-state index in [-0.39, 0.29) is 22.9 Å². The summed E-state index contributed by atoms with van der Waals surface area (Å²) in [6.45, 7) is 7.98. The van der Waals surface area contributed by atoms with E-state index < -0.39 is 6.10 Å². The largest absolute Gasteiger partial charge is 0.389 e. The second-order valence-corrected chi connectivity index (χ2v) is 6.43. The molecule has 1 aliphatic heterocycles. The van der Waals surface area contributed by atoms with Crippen LogP contribution in [0.3, 0.4) is 0 Å². The molecule has 0 unspecified atom stereocenters. The summed E-state index contributed by atoms with van der Waals surface area (Å²) in [5, 5.41) is 9.97. The highest BCUT2D eigenvalue weighted by Crippen LogP contribution is 2.46. The van der Waals surface area contributed by atoms with Crippen molar-refractivity contribution in [3.63, 3.8) is 0 Å². The Morgan fingerprint density at radius 1 is 1.33 bits per heavy atom.